The zero-order chi connectivity index (χ0) is 14.1. The fourth-order valence-corrected chi connectivity index (χ4v) is 2.30. The molecule has 102 valence electrons. The molecule has 3 rings (SSSR count). The summed E-state index contributed by atoms with van der Waals surface area (Å²) < 4.78 is 1.67. The lowest BCUT2D eigenvalue weighted by Gasteiger charge is -2.02. The van der Waals surface area contributed by atoms with E-state index < -0.39 is 5.69 Å². The summed E-state index contributed by atoms with van der Waals surface area (Å²) in [5.74, 6) is 0. The molecule has 0 atom stereocenters. The van der Waals surface area contributed by atoms with Crippen molar-refractivity contribution in [3.05, 3.63) is 62.4 Å². The van der Waals surface area contributed by atoms with Gasteiger partial charge in [-0.3, -0.25) is 14.8 Å². The van der Waals surface area contributed by atoms with E-state index >= 15 is 0 Å². The van der Waals surface area contributed by atoms with Gasteiger partial charge in [-0.05, 0) is 12.0 Å². The number of benzene rings is 1. The number of hydrogen-bond acceptors (Lipinski definition) is 3. The first-order valence-electron chi connectivity index (χ1n) is 6.45. The molecule has 2 heterocycles. The summed E-state index contributed by atoms with van der Waals surface area (Å²) in [6.07, 6.45) is 0.632. The molecule has 0 saturated carbocycles. The molecule has 0 aliphatic heterocycles. The highest BCUT2D eigenvalue weighted by Crippen LogP contribution is 2.13. The second-order valence-corrected chi connectivity index (χ2v) is 4.58. The second-order valence-electron chi connectivity index (χ2n) is 4.58. The van der Waals surface area contributed by atoms with E-state index in [1.807, 2.05) is 37.3 Å². The normalized spacial score (nSPS) is 11.1. The van der Waals surface area contributed by atoms with Crippen LogP contribution in [0.1, 0.15) is 18.2 Å². The molecule has 20 heavy (non-hydrogen) atoms. The lowest BCUT2D eigenvalue weighted by atomic mass is 10.2. The van der Waals surface area contributed by atoms with E-state index in [1.54, 1.807) is 4.68 Å². The molecule has 0 radical (unpaired) electrons. The standard InChI is InChI=1S/C14H14N4O2/c1-2-10-11-12(15-14(20)16-13(11)19)18(17-10)8-9-6-4-3-5-7-9/h3-7H,2,8H2,1H3,(H2,15,16,19,20). The minimum absolute atomic E-state index is 0.389. The van der Waals surface area contributed by atoms with Crippen LogP contribution in [0.2, 0.25) is 0 Å². The van der Waals surface area contributed by atoms with E-state index in [0.29, 0.717) is 29.7 Å². The van der Waals surface area contributed by atoms with Crippen LogP contribution < -0.4 is 11.2 Å². The third-order valence-electron chi connectivity index (χ3n) is 3.22. The van der Waals surface area contributed by atoms with E-state index in [0.717, 1.165) is 5.56 Å². The molecule has 0 unspecified atom stereocenters. The number of rotatable bonds is 3. The van der Waals surface area contributed by atoms with Gasteiger partial charge in [0, 0.05) is 0 Å². The minimum Gasteiger partial charge on any atom is -0.292 e. The SMILES string of the molecule is CCc1nn(Cc2ccccc2)c2[nH]c(=O)[nH]c(=O)c12. The average Bonchev–Trinajstić information content (AvgIpc) is 2.78. The Kier molecular flexibility index (Phi) is 2.98. The monoisotopic (exact) mass is 270 g/mol. The summed E-state index contributed by atoms with van der Waals surface area (Å²) >= 11 is 0. The molecule has 6 heteroatoms. The van der Waals surface area contributed by atoms with Crippen molar-refractivity contribution in [2.24, 2.45) is 0 Å². The largest absolute Gasteiger partial charge is 0.327 e. The zero-order valence-electron chi connectivity index (χ0n) is 11.0. The molecule has 6 nitrogen and oxygen atoms in total. The second kappa shape index (κ2) is 4.80. The van der Waals surface area contributed by atoms with Gasteiger partial charge < -0.3 is 0 Å². The third-order valence-corrected chi connectivity index (χ3v) is 3.22. The maximum Gasteiger partial charge on any atom is 0.327 e. The number of nitrogens with zero attached hydrogens (tertiary/aromatic N) is 2. The Hall–Kier alpha value is -2.63. The first-order chi connectivity index (χ1) is 9.69. The molecular weight excluding hydrogens is 256 g/mol. The maximum atomic E-state index is 11.9. The van der Waals surface area contributed by atoms with Gasteiger partial charge in [0.1, 0.15) is 11.0 Å². The average molecular weight is 270 g/mol. The van der Waals surface area contributed by atoms with Gasteiger partial charge in [-0.1, -0.05) is 37.3 Å². The molecule has 0 aliphatic carbocycles. The fourth-order valence-electron chi connectivity index (χ4n) is 2.30. The van der Waals surface area contributed by atoms with Crippen LogP contribution in [-0.2, 0) is 13.0 Å². The van der Waals surface area contributed by atoms with E-state index in [1.165, 1.54) is 0 Å². The topological polar surface area (TPSA) is 83.5 Å². The van der Waals surface area contributed by atoms with Crippen molar-refractivity contribution in [2.45, 2.75) is 19.9 Å². The quantitative estimate of drug-likeness (QED) is 0.745. The van der Waals surface area contributed by atoms with Crippen LogP contribution in [0.15, 0.2) is 39.9 Å². The number of nitrogens with one attached hydrogen (secondary N) is 2. The highest BCUT2D eigenvalue weighted by atomic mass is 16.2. The van der Waals surface area contributed by atoms with Crippen molar-refractivity contribution in [3.8, 4) is 0 Å². The molecule has 0 bridgehead atoms. The Morgan fingerprint density at radius 1 is 1.15 bits per heavy atom. The molecule has 0 saturated heterocycles. The molecule has 2 N–H and O–H groups in total. The van der Waals surface area contributed by atoms with Crippen LogP contribution in [0.25, 0.3) is 11.0 Å². The minimum atomic E-state index is -0.514. The van der Waals surface area contributed by atoms with Gasteiger partial charge in [0.15, 0.2) is 0 Å². The van der Waals surface area contributed by atoms with Crippen LogP contribution in [0.4, 0.5) is 0 Å². The van der Waals surface area contributed by atoms with Crippen molar-refractivity contribution in [1.29, 1.82) is 0 Å². The smallest absolute Gasteiger partial charge is 0.292 e. The molecule has 0 spiro atoms. The van der Waals surface area contributed by atoms with Gasteiger partial charge in [-0.15, -0.1) is 0 Å². The molecule has 0 fully saturated rings. The summed E-state index contributed by atoms with van der Waals surface area (Å²) in [6, 6.07) is 9.78. The summed E-state index contributed by atoms with van der Waals surface area (Å²) in [5, 5.41) is 4.89. The van der Waals surface area contributed by atoms with Crippen LogP contribution in [0.3, 0.4) is 0 Å². The van der Waals surface area contributed by atoms with Gasteiger partial charge >= 0.3 is 5.69 Å². The first kappa shape index (κ1) is 12.4. The van der Waals surface area contributed by atoms with Crippen molar-refractivity contribution in [2.75, 3.05) is 0 Å². The Bertz CT molecular complexity index is 858. The molecule has 0 aliphatic rings. The van der Waals surface area contributed by atoms with Crippen LogP contribution >= 0.6 is 0 Å². The Morgan fingerprint density at radius 3 is 2.60 bits per heavy atom. The molecule has 2 aromatic heterocycles. The maximum absolute atomic E-state index is 11.9. The van der Waals surface area contributed by atoms with Crippen LogP contribution in [0, 0.1) is 0 Å². The van der Waals surface area contributed by atoms with E-state index in [-0.39, 0.29) is 5.56 Å². The molecular formula is C14H14N4O2. The van der Waals surface area contributed by atoms with Crippen molar-refractivity contribution in [3.63, 3.8) is 0 Å². The van der Waals surface area contributed by atoms with Crippen LogP contribution in [-0.4, -0.2) is 19.7 Å². The van der Waals surface area contributed by atoms with Gasteiger partial charge in [0.2, 0.25) is 0 Å². The van der Waals surface area contributed by atoms with Gasteiger partial charge in [0.25, 0.3) is 5.56 Å². The predicted molar refractivity (Wildman–Crippen MR) is 75.9 cm³/mol. The van der Waals surface area contributed by atoms with Gasteiger partial charge in [-0.25, -0.2) is 9.48 Å². The number of H-pyrrole nitrogens is 2. The highest BCUT2D eigenvalue weighted by Gasteiger charge is 2.14. The Balaban J connectivity index is 2.21. The molecule has 0 amide bonds. The lowest BCUT2D eigenvalue weighted by molar-refractivity contribution is 0.687. The molecule has 3 aromatic rings. The first-order valence-corrected chi connectivity index (χ1v) is 6.45. The Morgan fingerprint density at radius 2 is 1.90 bits per heavy atom. The number of aryl methyl sites for hydroxylation is 1. The fraction of sp³-hybridized carbons (Fsp3) is 0.214. The highest BCUT2D eigenvalue weighted by molar-refractivity contribution is 5.77. The zero-order valence-corrected chi connectivity index (χ0v) is 11.0. The number of fused-ring (bicyclic) bond motifs is 1. The van der Waals surface area contributed by atoms with E-state index in [4.69, 9.17) is 0 Å². The summed E-state index contributed by atoms with van der Waals surface area (Å²) in [7, 11) is 0. The van der Waals surface area contributed by atoms with E-state index in [9.17, 15) is 9.59 Å². The van der Waals surface area contributed by atoms with Gasteiger partial charge in [-0.2, -0.15) is 5.10 Å². The lowest BCUT2D eigenvalue weighted by Crippen LogP contribution is -2.22. The predicted octanol–water partition coefficient (Wildman–Crippen LogP) is 1.02. The summed E-state index contributed by atoms with van der Waals surface area (Å²) in [5.41, 5.74) is 1.31. The number of aromatic amines is 2. The number of hydrogen-bond donors (Lipinski definition) is 2. The summed E-state index contributed by atoms with van der Waals surface area (Å²) in [6.45, 7) is 2.44. The summed E-state index contributed by atoms with van der Waals surface area (Å²) in [4.78, 5) is 28.3. The third kappa shape index (κ3) is 2.05. The van der Waals surface area contributed by atoms with Crippen LogP contribution in [0.5, 0.6) is 0 Å². The van der Waals surface area contributed by atoms with Gasteiger partial charge in [0.05, 0.1) is 12.2 Å². The Labute approximate surface area is 114 Å². The number of aromatic nitrogens is 4. The van der Waals surface area contributed by atoms with E-state index in [2.05, 4.69) is 15.1 Å². The van der Waals surface area contributed by atoms with Crippen molar-refractivity contribution >= 4 is 11.0 Å². The molecule has 1 aromatic carbocycles. The van der Waals surface area contributed by atoms with Crippen molar-refractivity contribution in [1.82, 2.24) is 19.7 Å². The van der Waals surface area contributed by atoms with Crippen molar-refractivity contribution < 1.29 is 0 Å².